The van der Waals surface area contributed by atoms with Crippen molar-refractivity contribution in [1.29, 1.82) is 0 Å². The quantitative estimate of drug-likeness (QED) is 0.373. The number of carbonyl (C=O) groups excluding carboxylic acids is 3. The highest BCUT2D eigenvalue weighted by atomic mass is 16.5. The summed E-state index contributed by atoms with van der Waals surface area (Å²) in [6.45, 7) is 3.60. The number of nitrogens with zero attached hydrogens (tertiary/aromatic N) is 2. The second-order valence-corrected chi connectivity index (χ2v) is 10.7. The van der Waals surface area contributed by atoms with Gasteiger partial charge >= 0.3 is 0 Å². The zero-order valence-electron chi connectivity index (χ0n) is 22.3. The largest absolute Gasteiger partial charge is 0.508 e. The molecule has 3 N–H and O–H groups in total. The van der Waals surface area contributed by atoms with Gasteiger partial charge in [-0.25, -0.2) is 0 Å². The summed E-state index contributed by atoms with van der Waals surface area (Å²) in [5, 5.41) is 34.4. The summed E-state index contributed by atoms with van der Waals surface area (Å²) >= 11 is 0. The third kappa shape index (κ3) is 3.95. The Morgan fingerprint density at radius 2 is 1.84 bits per heavy atom. The molecule has 9 heteroatoms. The number of likely N-dealkylation sites (N-methyl/N-ethyl adjacent to an activating group) is 1. The molecule has 200 valence electrons. The van der Waals surface area contributed by atoms with Crippen molar-refractivity contribution in [2.24, 2.45) is 11.8 Å². The third-order valence-corrected chi connectivity index (χ3v) is 7.91. The highest BCUT2D eigenvalue weighted by Crippen LogP contribution is 2.53. The standard InChI is InChI=1S/C28H36N2O7/c1-7-8-11-37-19-10-9-18(29(3)4)16-12-15-13-17-23(30(5)6)25(33)20(14(2)31)26(34)28(17,36)27(35)21(15)24(32)22(16)19/h9-10,15,17,23,32,34,36H,7-8,11-13H2,1-6H3/t15-,17-,23?,28+/m0/s1. The minimum atomic E-state index is -2.51. The van der Waals surface area contributed by atoms with Crippen molar-refractivity contribution in [3.63, 3.8) is 0 Å². The Morgan fingerprint density at radius 1 is 1.16 bits per heavy atom. The van der Waals surface area contributed by atoms with Gasteiger partial charge in [0.2, 0.25) is 5.78 Å². The minimum Gasteiger partial charge on any atom is -0.508 e. The van der Waals surface area contributed by atoms with Gasteiger partial charge in [-0.15, -0.1) is 0 Å². The number of aliphatic hydroxyl groups excluding tert-OH is 2. The predicted molar refractivity (Wildman–Crippen MR) is 139 cm³/mol. The Labute approximate surface area is 217 Å². The van der Waals surface area contributed by atoms with Crippen molar-refractivity contribution < 1.29 is 34.4 Å². The fraction of sp³-hybridized carbons (Fsp3) is 0.536. The van der Waals surface area contributed by atoms with Crippen molar-refractivity contribution in [2.75, 3.05) is 39.7 Å². The van der Waals surface area contributed by atoms with Gasteiger partial charge in [0.1, 0.15) is 22.8 Å². The smallest absolute Gasteiger partial charge is 0.202 e. The monoisotopic (exact) mass is 512 g/mol. The van der Waals surface area contributed by atoms with Crippen LogP contribution in [0.3, 0.4) is 0 Å². The molecule has 0 spiro atoms. The van der Waals surface area contributed by atoms with Crippen LogP contribution < -0.4 is 9.64 Å². The summed E-state index contributed by atoms with van der Waals surface area (Å²) in [5.74, 6) is -4.53. The number of carbonyl (C=O) groups is 3. The number of anilines is 1. The Bertz CT molecular complexity index is 1230. The number of benzene rings is 1. The number of hydrogen-bond donors (Lipinski definition) is 3. The van der Waals surface area contributed by atoms with Gasteiger partial charge in [-0.2, -0.15) is 0 Å². The van der Waals surface area contributed by atoms with Gasteiger partial charge in [0.15, 0.2) is 17.2 Å². The number of rotatable bonds is 7. The van der Waals surface area contributed by atoms with Gasteiger partial charge in [-0.05, 0) is 63.9 Å². The van der Waals surface area contributed by atoms with Crippen LogP contribution >= 0.6 is 0 Å². The first kappa shape index (κ1) is 26.9. The fourth-order valence-electron chi connectivity index (χ4n) is 6.18. The lowest BCUT2D eigenvalue weighted by Gasteiger charge is -2.50. The molecule has 0 bridgehead atoms. The SMILES string of the molecule is CCCCOc1ccc(N(C)C)c2c1C(O)=C1C(=O)[C@]3(O)C(O)=C(C(C)=O)C(=O)C(N(C)C)[C@@H]3C[C@@H]1C2. The molecule has 1 aromatic rings. The number of Topliss-reactive ketones (excluding diaryl/α,β-unsaturated/α-hetero) is 3. The van der Waals surface area contributed by atoms with E-state index in [2.05, 4.69) is 0 Å². The molecule has 1 aromatic carbocycles. The lowest BCUT2D eigenvalue weighted by Crippen LogP contribution is -2.65. The lowest BCUT2D eigenvalue weighted by molar-refractivity contribution is -0.153. The maximum atomic E-state index is 14.0. The number of hydrogen-bond acceptors (Lipinski definition) is 9. The molecule has 0 aliphatic heterocycles. The van der Waals surface area contributed by atoms with Gasteiger partial charge in [0, 0.05) is 31.3 Å². The van der Waals surface area contributed by atoms with Crippen molar-refractivity contribution in [3.05, 3.63) is 40.2 Å². The molecule has 1 saturated carbocycles. The van der Waals surface area contributed by atoms with Crippen LogP contribution in [0.2, 0.25) is 0 Å². The van der Waals surface area contributed by atoms with Crippen LogP contribution in [0.4, 0.5) is 5.69 Å². The molecule has 1 unspecified atom stereocenters. The average molecular weight is 513 g/mol. The molecule has 0 radical (unpaired) electrons. The zero-order chi connectivity index (χ0) is 27.4. The normalized spacial score (nSPS) is 27.2. The fourth-order valence-corrected chi connectivity index (χ4v) is 6.18. The van der Waals surface area contributed by atoms with Gasteiger partial charge in [-0.3, -0.25) is 19.3 Å². The number of ketones is 3. The molecule has 37 heavy (non-hydrogen) atoms. The molecule has 0 amide bonds. The Morgan fingerprint density at radius 3 is 2.41 bits per heavy atom. The molecule has 0 saturated heterocycles. The van der Waals surface area contributed by atoms with E-state index in [4.69, 9.17) is 4.74 Å². The van der Waals surface area contributed by atoms with E-state index in [0.29, 0.717) is 24.3 Å². The summed E-state index contributed by atoms with van der Waals surface area (Å²) in [6, 6.07) is 2.68. The average Bonchev–Trinajstić information content (AvgIpc) is 2.81. The Balaban J connectivity index is 1.95. The van der Waals surface area contributed by atoms with E-state index in [1.54, 1.807) is 25.1 Å². The first-order valence-electron chi connectivity index (χ1n) is 12.7. The summed E-state index contributed by atoms with van der Waals surface area (Å²) in [6.07, 6.45) is 2.27. The van der Waals surface area contributed by atoms with Crippen LogP contribution in [0.5, 0.6) is 5.75 Å². The molecular formula is C28H36N2O7. The van der Waals surface area contributed by atoms with E-state index in [-0.39, 0.29) is 17.8 Å². The zero-order valence-corrected chi connectivity index (χ0v) is 22.3. The molecule has 0 heterocycles. The Kier molecular flexibility index (Phi) is 6.98. The maximum Gasteiger partial charge on any atom is 0.202 e. The summed E-state index contributed by atoms with van der Waals surface area (Å²) in [4.78, 5) is 43.1. The van der Waals surface area contributed by atoms with E-state index in [9.17, 15) is 29.7 Å². The van der Waals surface area contributed by atoms with Gasteiger partial charge in [0.25, 0.3) is 0 Å². The van der Waals surface area contributed by atoms with Gasteiger partial charge in [-0.1, -0.05) is 13.3 Å². The molecule has 3 aliphatic carbocycles. The third-order valence-electron chi connectivity index (χ3n) is 7.91. The molecule has 0 aromatic heterocycles. The van der Waals surface area contributed by atoms with Crippen molar-refractivity contribution in [3.8, 4) is 5.75 Å². The molecule has 9 nitrogen and oxygen atoms in total. The topological polar surface area (TPSA) is 128 Å². The summed E-state index contributed by atoms with van der Waals surface area (Å²) in [5.41, 5.74) is -1.01. The number of ether oxygens (including phenoxy) is 1. The van der Waals surface area contributed by atoms with Crippen molar-refractivity contribution >= 4 is 28.8 Å². The van der Waals surface area contributed by atoms with Crippen LogP contribution in [0, 0.1) is 11.8 Å². The van der Waals surface area contributed by atoms with Crippen LogP contribution in [0.25, 0.3) is 5.76 Å². The molecule has 4 atom stereocenters. The molecule has 3 aliphatic rings. The predicted octanol–water partition coefficient (Wildman–Crippen LogP) is 2.61. The number of unbranched alkanes of at least 4 members (excludes halogenated alkanes) is 1. The first-order chi connectivity index (χ1) is 17.4. The van der Waals surface area contributed by atoms with E-state index in [1.807, 2.05) is 32.0 Å². The molecular weight excluding hydrogens is 476 g/mol. The van der Waals surface area contributed by atoms with Crippen LogP contribution in [0.15, 0.2) is 29.0 Å². The Hall–Kier alpha value is -3.17. The summed E-state index contributed by atoms with van der Waals surface area (Å²) < 4.78 is 5.99. The van der Waals surface area contributed by atoms with E-state index < -0.39 is 52.2 Å². The molecule has 4 rings (SSSR count). The minimum absolute atomic E-state index is 0.0104. The second kappa shape index (κ2) is 9.61. The number of aliphatic hydroxyl groups is 3. The van der Waals surface area contributed by atoms with Crippen molar-refractivity contribution in [2.45, 2.75) is 51.2 Å². The van der Waals surface area contributed by atoms with Gasteiger partial charge in [0.05, 0.1) is 18.2 Å². The van der Waals surface area contributed by atoms with Crippen LogP contribution in [-0.4, -0.2) is 84.0 Å². The van der Waals surface area contributed by atoms with Crippen molar-refractivity contribution in [1.82, 2.24) is 4.90 Å². The highest BCUT2D eigenvalue weighted by molar-refractivity contribution is 6.25. The highest BCUT2D eigenvalue weighted by Gasteiger charge is 2.64. The van der Waals surface area contributed by atoms with E-state index in [1.165, 1.54) is 0 Å². The summed E-state index contributed by atoms with van der Waals surface area (Å²) in [7, 11) is 7.05. The van der Waals surface area contributed by atoms with E-state index >= 15 is 0 Å². The maximum absolute atomic E-state index is 14.0. The lowest BCUT2D eigenvalue weighted by atomic mass is 9.57. The number of fused-ring (bicyclic) bond motifs is 3. The second-order valence-electron chi connectivity index (χ2n) is 10.7. The first-order valence-corrected chi connectivity index (χ1v) is 12.7. The van der Waals surface area contributed by atoms with Crippen LogP contribution in [-0.2, 0) is 20.8 Å². The van der Waals surface area contributed by atoms with Crippen LogP contribution in [0.1, 0.15) is 44.2 Å². The molecule has 1 fully saturated rings. The van der Waals surface area contributed by atoms with Gasteiger partial charge < -0.3 is 25.0 Å². The van der Waals surface area contributed by atoms with E-state index in [0.717, 1.165) is 31.0 Å².